The molecular formula is C10H6F2N2O4. The Bertz CT molecular complexity index is 552. The molecule has 94 valence electrons. The molecule has 0 saturated heterocycles. The number of ether oxygens (including phenoxy) is 1. The average Bonchev–Trinajstić information content (AvgIpc) is 2.35. The molecule has 0 spiro atoms. The lowest BCUT2D eigenvalue weighted by Crippen LogP contribution is -2.07. The first-order chi connectivity index (χ1) is 8.42. The van der Waals surface area contributed by atoms with Crippen LogP contribution in [0.3, 0.4) is 0 Å². The highest BCUT2D eigenvalue weighted by molar-refractivity contribution is 5.93. The third-order valence-corrected chi connectivity index (χ3v) is 2.12. The number of nitro groups is 1. The fourth-order valence-electron chi connectivity index (χ4n) is 1.31. The third kappa shape index (κ3) is 2.40. The van der Waals surface area contributed by atoms with Crippen LogP contribution in [-0.2, 0) is 4.74 Å². The van der Waals surface area contributed by atoms with Crippen molar-refractivity contribution in [2.45, 2.75) is 6.43 Å². The number of methoxy groups -OCH3 is 1. The second-order valence-corrected chi connectivity index (χ2v) is 3.12. The first-order valence-corrected chi connectivity index (χ1v) is 4.51. The van der Waals surface area contributed by atoms with Gasteiger partial charge >= 0.3 is 5.97 Å². The van der Waals surface area contributed by atoms with Crippen molar-refractivity contribution < 1.29 is 23.2 Å². The molecule has 0 aliphatic carbocycles. The van der Waals surface area contributed by atoms with Crippen LogP contribution in [-0.4, -0.2) is 18.0 Å². The monoisotopic (exact) mass is 256 g/mol. The number of carbonyl (C=O) groups excluding carboxylic acids is 1. The second-order valence-electron chi connectivity index (χ2n) is 3.12. The van der Waals surface area contributed by atoms with Crippen LogP contribution in [0, 0.1) is 21.4 Å². The van der Waals surface area contributed by atoms with E-state index in [2.05, 4.69) is 4.74 Å². The average molecular weight is 256 g/mol. The molecule has 0 fully saturated rings. The number of halogens is 2. The quantitative estimate of drug-likeness (QED) is 0.469. The minimum atomic E-state index is -3.12. The summed E-state index contributed by atoms with van der Waals surface area (Å²) in [6, 6.07) is 2.75. The molecule has 0 aliphatic rings. The van der Waals surface area contributed by atoms with Crippen molar-refractivity contribution in [2.24, 2.45) is 0 Å². The molecule has 0 unspecified atom stereocenters. The molecule has 1 aromatic rings. The highest BCUT2D eigenvalue weighted by atomic mass is 19.3. The molecule has 0 amide bonds. The van der Waals surface area contributed by atoms with Crippen LogP contribution in [0.5, 0.6) is 0 Å². The summed E-state index contributed by atoms with van der Waals surface area (Å²) < 4.78 is 29.5. The van der Waals surface area contributed by atoms with Crippen molar-refractivity contribution in [3.8, 4) is 6.07 Å². The summed E-state index contributed by atoms with van der Waals surface area (Å²) >= 11 is 0. The molecule has 0 atom stereocenters. The lowest BCUT2D eigenvalue weighted by atomic mass is 10.0. The summed E-state index contributed by atoms with van der Waals surface area (Å²) in [5, 5.41) is 19.4. The first kappa shape index (κ1) is 13.5. The topological polar surface area (TPSA) is 93.2 Å². The Labute approximate surface area is 99.5 Å². The number of hydrogen-bond acceptors (Lipinski definition) is 5. The number of nitro benzene ring substituents is 1. The maximum absolute atomic E-state index is 12.6. The Hall–Kier alpha value is -2.56. The van der Waals surface area contributed by atoms with Crippen molar-refractivity contribution in [1.29, 1.82) is 5.26 Å². The third-order valence-electron chi connectivity index (χ3n) is 2.12. The van der Waals surface area contributed by atoms with E-state index in [1.807, 2.05) is 0 Å². The summed E-state index contributed by atoms with van der Waals surface area (Å²) in [6.07, 6.45) is -3.12. The van der Waals surface area contributed by atoms with Gasteiger partial charge in [-0.3, -0.25) is 10.1 Å². The van der Waals surface area contributed by atoms with Crippen LogP contribution in [0.15, 0.2) is 12.1 Å². The molecule has 0 bridgehead atoms. The Balaban J connectivity index is 3.58. The number of alkyl halides is 2. The molecule has 0 N–H and O–H groups in total. The summed E-state index contributed by atoms with van der Waals surface area (Å²) in [5.41, 5.74) is -2.66. The van der Waals surface area contributed by atoms with Crippen LogP contribution in [0.2, 0.25) is 0 Å². The Morgan fingerprint density at radius 2 is 2.17 bits per heavy atom. The molecule has 6 nitrogen and oxygen atoms in total. The van der Waals surface area contributed by atoms with Gasteiger partial charge in [-0.05, 0) is 6.07 Å². The Kier molecular flexibility index (Phi) is 3.89. The Morgan fingerprint density at radius 1 is 1.56 bits per heavy atom. The van der Waals surface area contributed by atoms with Gasteiger partial charge in [-0.25, -0.2) is 13.6 Å². The molecule has 8 heteroatoms. The number of esters is 1. The maximum atomic E-state index is 12.6. The van der Waals surface area contributed by atoms with Gasteiger partial charge < -0.3 is 4.74 Å². The lowest BCUT2D eigenvalue weighted by Gasteiger charge is -2.06. The van der Waals surface area contributed by atoms with Gasteiger partial charge in [0.15, 0.2) is 0 Å². The number of rotatable bonds is 3. The van der Waals surface area contributed by atoms with E-state index in [0.717, 1.165) is 7.11 Å². The van der Waals surface area contributed by atoms with E-state index in [0.29, 0.717) is 12.1 Å². The van der Waals surface area contributed by atoms with E-state index in [9.17, 15) is 23.7 Å². The molecule has 0 saturated carbocycles. The number of nitrogens with zero attached hydrogens (tertiary/aromatic N) is 2. The molecular weight excluding hydrogens is 250 g/mol. The molecule has 0 aliphatic heterocycles. The van der Waals surface area contributed by atoms with Gasteiger partial charge in [0, 0.05) is 6.07 Å². The standard InChI is InChI=1S/C10H6F2N2O4/c1-18-10(15)6-3-8(14(16)17)7(9(11)12)2-5(6)4-13/h2-3,9H,1H3. The van der Waals surface area contributed by atoms with Crippen LogP contribution in [0.1, 0.15) is 27.9 Å². The van der Waals surface area contributed by atoms with Gasteiger partial charge in [-0.2, -0.15) is 5.26 Å². The van der Waals surface area contributed by atoms with Gasteiger partial charge in [-0.1, -0.05) is 0 Å². The summed E-state index contributed by atoms with van der Waals surface area (Å²) in [7, 11) is 1.01. The molecule has 0 heterocycles. The number of nitriles is 1. The summed E-state index contributed by atoms with van der Waals surface area (Å²) in [4.78, 5) is 20.8. The van der Waals surface area contributed by atoms with Crippen molar-refractivity contribution in [3.63, 3.8) is 0 Å². The van der Waals surface area contributed by atoms with E-state index in [1.165, 1.54) is 6.07 Å². The van der Waals surface area contributed by atoms with Gasteiger partial charge in [0.05, 0.1) is 28.7 Å². The van der Waals surface area contributed by atoms with E-state index >= 15 is 0 Å². The zero-order valence-electron chi connectivity index (χ0n) is 9.02. The molecule has 0 aromatic heterocycles. The van der Waals surface area contributed by atoms with Crippen molar-refractivity contribution in [1.82, 2.24) is 0 Å². The lowest BCUT2D eigenvalue weighted by molar-refractivity contribution is -0.386. The zero-order valence-corrected chi connectivity index (χ0v) is 9.02. The van der Waals surface area contributed by atoms with Gasteiger partial charge in [-0.15, -0.1) is 0 Å². The Morgan fingerprint density at radius 3 is 2.56 bits per heavy atom. The number of benzene rings is 1. The van der Waals surface area contributed by atoms with Crippen LogP contribution in [0.4, 0.5) is 14.5 Å². The molecule has 0 radical (unpaired) electrons. The normalized spacial score (nSPS) is 9.94. The van der Waals surface area contributed by atoms with Crippen LogP contribution in [0.25, 0.3) is 0 Å². The fourth-order valence-corrected chi connectivity index (χ4v) is 1.31. The van der Waals surface area contributed by atoms with Crippen molar-refractivity contribution >= 4 is 11.7 Å². The largest absolute Gasteiger partial charge is 0.465 e. The minimum absolute atomic E-state index is 0.400. The zero-order chi connectivity index (χ0) is 13.9. The molecule has 18 heavy (non-hydrogen) atoms. The van der Waals surface area contributed by atoms with Gasteiger partial charge in [0.2, 0.25) is 0 Å². The summed E-state index contributed by atoms with van der Waals surface area (Å²) in [5.74, 6) is -1.00. The van der Waals surface area contributed by atoms with Crippen LogP contribution >= 0.6 is 0 Å². The SMILES string of the molecule is COC(=O)c1cc([N+](=O)[O-])c(C(F)F)cc1C#N. The minimum Gasteiger partial charge on any atom is -0.465 e. The smallest absolute Gasteiger partial charge is 0.339 e. The van der Waals surface area contributed by atoms with Crippen molar-refractivity contribution in [2.75, 3.05) is 7.11 Å². The summed E-state index contributed by atoms with van der Waals surface area (Å²) in [6.45, 7) is 0. The second kappa shape index (κ2) is 5.18. The van der Waals surface area contributed by atoms with Crippen LogP contribution < -0.4 is 0 Å². The highest BCUT2D eigenvalue weighted by Gasteiger charge is 2.26. The van der Waals surface area contributed by atoms with E-state index < -0.39 is 39.7 Å². The predicted octanol–water partition coefficient (Wildman–Crippen LogP) is 2.19. The van der Waals surface area contributed by atoms with Gasteiger partial charge in [0.1, 0.15) is 6.07 Å². The van der Waals surface area contributed by atoms with Crippen molar-refractivity contribution in [3.05, 3.63) is 38.9 Å². The fraction of sp³-hybridized carbons (Fsp3) is 0.200. The number of carbonyl (C=O) groups is 1. The predicted molar refractivity (Wildman–Crippen MR) is 54.1 cm³/mol. The molecule has 1 aromatic carbocycles. The van der Waals surface area contributed by atoms with E-state index in [1.54, 1.807) is 0 Å². The van der Waals surface area contributed by atoms with Gasteiger partial charge in [0.25, 0.3) is 12.1 Å². The van der Waals surface area contributed by atoms with E-state index in [4.69, 9.17) is 5.26 Å². The first-order valence-electron chi connectivity index (χ1n) is 4.51. The maximum Gasteiger partial charge on any atom is 0.339 e. The number of hydrogen-bond donors (Lipinski definition) is 0. The van der Waals surface area contributed by atoms with E-state index in [-0.39, 0.29) is 0 Å². The molecule has 1 rings (SSSR count). The highest BCUT2D eigenvalue weighted by Crippen LogP contribution is 2.31.